The summed E-state index contributed by atoms with van der Waals surface area (Å²) in [5.74, 6) is 1.09. The molecule has 1 aliphatic rings. The molecule has 1 aromatic rings. The number of nitrogens with one attached hydrogen (secondary N) is 1. The fraction of sp³-hybridized carbons (Fsp3) is 0.667. The number of amides is 1. The van der Waals surface area contributed by atoms with Crippen molar-refractivity contribution in [1.82, 2.24) is 10.1 Å². The quantitative estimate of drug-likeness (QED) is 0.864. The number of nitrogens with two attached hydrogens (primary N) is 1. The lowest BCUT2D eigenvalue weighted by Gasteiger charge is -2.22. The Morgan fingerprint density at radius 3 is 2.95 bits per heavy atom. The van der Waals surface area contributed by atoms with Crippen molar-refractivity contribution >= 4 is 24.1 Å². The van der Waals surface area contributed by atoms with Gasteiger partial charge in [-0.3, -0.25) is 9.69 Å². The van der Waals surface area contributed by atoms with Crippen molar-refractivity contribution in [2.24, 2.45) is 11.1 Å². The SMILES string of the molecule is Cc1cc(NC(=O)CN2CCC(C)(CN)C2)no1.Cl. The Balaban J connectivity index is 0.00000180. The molecule has 1 aromatic heterocycles. The van der Waals surface area contributed by atoms with Gasteiger partial charge in [0.05, 0.1) is 6.54 Å². The number of aromatic nitrogens is 1. The molecule has 0 aliphatic carbocycles. The average molecular weight is 289 g/mol. The van der Waals surface area contributed by atoms with Crippen molar-refractivity contribution in [2.75, 3.05) is 31.5 Å². The van der Waals surface area contributed by atoms with Gasteiger partial charge in [0, 0.05) is 12.6 Å². The first kappa shape index (κ1) is 15.9. The van der Waals surface area contributed by atoms with Crippen LogP contribution in [-0.4, -0.2) is 42.1 Å². The predicted molar refractivity (Wildman–Crippen MR) is 75.3 cm³/mol. The molecule has 2 rings (SSSR count). The number of carbonyl (C=O) groups is 1. The highest BCUT2D eigenvalue weighted by atomic mass is 35.5. The molecule has 0 radical (unpaired) electrons. The van der Waals surface area contributed by atoms with E-state index in [-0.39, 0.29) is 23.7 Å². The van der Waals surface area contributed by atoms with Gasteiger partial charge in [-0.1, -0.05) is 12.1 Å². The second kappa shape index (κ2) is 6.36. The van der Waals surface area contributed by atoms with Crippen molar-refractivity contribution in [2.45, 2.75) is 20.3 Å². The second-order valence-corrected chi connectivity index (χ2v) is 5.35. The third-order valence-electron chi connectivity index (χ3n) is 3.39. The maximum Gasteiger partial charge on any atom is 0.239 e. The van der Waals surface area contributed by atoms with E-state index in [2.05, 4.69) is 22.3 Å². The lowest BCUT2D eigenvalue weighted by molar-refractivity contribution is -0.117. The van der Waals surface area contributed by atoms with Gasteiger partial charge in [0.2, 0.25) is 5.91 Å². The third kappa shape index (κ3) is 4.19. The van der Waals surface area contributed by atoms with Crippen molar-refractivity contribution in [3.63, 3.8) is 0 Å². The highest BCUT2D eigenvalue weighted by molar-refractivity contribution is 5.91. The monoisotopic (exact) mass is 288 g/mol. The van der Waals surface area contributed by atoms with Crippen LogP contribution in [0.3, 0.4) is 0 Å². The van der Waals surface area contributed by atoms with Crippen LogP contribution in [0.15, 0.2) is 10.6 Å². The summed E-state index contributed by atoms with van der Waals surface area (Å²) in [5, 5.41) is 6.45. The van der Waals surface area contributed by atoms with E-state index in [1.807, 2.05) is 0 Å². The number of aryl methyl sites for hydroxylation is 1. The highest BCUT2D eigenvalue weighted by Gasteiger charge is 2.33. The smallest absolute Gasteiger partial charge is 0.239 e. The van der Waals surface area contributed by atoms with E-state index in [4.69, 9.17) is 10.3 Å². The highest BCUT2D eigenvalue weighted by Crippen LogP contribution is 2.28. The first-order valence-electron chi connectivity index (χ1n) is 6.16. The zero-order valence-electron chi connectivity index (χ0n) is 11.3. The summed E-state index contributed by atoms with van der Waals surface area (Å²) < 4.78 is 4.89. The first-order valence-corrected chi connectivity index (χ1v) is 6.16. The molecular formula is C12H21ClN4O2. The largest absolute Gasteiger partial charge is 0.360 e. The number of rotatable bonds is 4. The van der Waals surface area contributed by atoms with Crippen LogP contribution in [0.4, 0.5) is 5.82 Å². The van der Waals surface area contributed by atoms with Gasteiger partial charge in [0.15, 0.2) is 5.82 Å². The van der Waals surface area contributed by atoms with Crippen LogP contribution < -0.4 is 11.1 Å². The van der Waals surface area contributed by atoms with E-state index in [9.17, 15) is 4.79 Å². The Hall–Kier alpha value is -1.11. The number of likely N-dealkylation sites (tertiary alicyclic amines) is 1. The molecule has 1 atom stereocenters. The fourth-order valence-corrected chi connectivity index (χ4v) is 2.24. The van der Waals surface area contributed by atoms with Crippen LogP contribution in [-0.2, 0) is 4.79 Å². The molecule has 0 saturated carbocycles. The molecular weight excluding hydrogens is 268 g/mol. The molecule has 0 bridgehead atoms. The maximum atomic E-state index is 11.8. The van der Waals surface area contributed by atoms with Gasteiger partial charge in [-0.25, -0.2) is 0 Å². The fourth-order valence-electron chi connectivity index (χ4n) is 2.24. The summed E-state index contributed by atoms with van der Waals surface area (Å²) in [4.78, 5) is 13.9. The Bertz CT molecular complexity index is 437. The topological polar surface area (TPSA) is 84.4 Å². The zero-order chi connectivity index (χ0) is 13.2. The molecule has 1 saturated heterocycles. The van der Waals surface area contributed by atoms with Gasteiger partial charge in [0.1, 0.15) is 5.76 Å². The zero-order valence-corrected chi connectivity index (χ0v) is 12.1. The van der Waals surface area contributed by atoms with E-state index in [0.29, 0.717) is 24.7 Å². The van der Waals surface area contributed by atoms with E-state index in [1.165, 1.54) is 0 Å². The van der Waals surface area contributed by atoms with Crippen LogP contribution in [0.2, 0.25) is 0 Å². The number of nitrogens with zero attached hydrogens (tertiary/aromatic N) is 2. The minimum atomic E-state index is -0.0652. The third-order valence-corrected chi connectivity index (χ3v) is 3.39. The molecule has 1 unspecified atom stereocenters. The maximum absolute atomic E-state index is 11.8. The van der Waals surface area contributed by atoms with E-state index < -0.39 is 0 Å². The number of carbonyl (C=O) groups excluding carboxylic acids is 1. The van der Waals surface area contributed by atoms with Crippen molar-refractivity contribution in [3.8, 4) is 0 Å². The van der Waals surface area contributed by atoms with Gasteiger partial charge in [-0.15, -0.1) is 12.4 Å². The van der Waals surface area contributed by atoms with Gasteiger partial charge in [-0.2, -0.15) is 0 Å². The Morgan fingerprint density at radius 1 is 1.68 bits per heavy atom. The number of hydrogen-bond acceptors (Lipinski definition) is 5. The molecule has 6 nitrogen and oxygen atoms in total. The van der Waals surface area contributed by atoms with E-state index >= 15 is 0 Å². The molecule has 2 heterocycles. The minimum absolute atomic E-state index is 0. The van der Waals surface area contributed by atoms with E-state index in [0.717, 1.165) is 19.5 Å². The number of anilines is 1. The van der Waals surface area contributed by atoms with Gasteiger partial charge in [-0.05, 0) is 31.8 Å². The van der Waals surface area contributed by atoms with Gasteiger partial charge in [0.25, 0.3) is 0 Å². The summed E-state index contributed by atoms with van der Waals surface area (Å²) in [7, 11) is 0. The minimum Gasteiger partial charge on any atom is -0.360 e. The summed E-state index contributed by atoms with van der Waals surface area (Å²) in [6.45, 7) is 6.77. The van der Waals surface area contributed by atoms with Gasteiger partial charge >= 0.3 is 0 Å². The van der Waals surface area contributed by atoms with Crippen LogP contribution in [0.1, 0.15) is 19.1 Å². The Kier molecular flexibility index (Phi) is 5.34. The standard InChI is InChI=1S/C12H20N4O2.ClH/c1-9-5-10(15-18-9)14-11(17)6-16-4-3-12(2,7-13)8-16;/h5H,3-4,6-8,13H2,1-2H3,(H,14,15,17);1H. The van der Waals surface area contributed by atoms with Crippen LogP contribution in [0.25, 0.3) is 0 Å². The summed E-state index contributed by atoms with van der Waals surface area (Å²) in [5.41, 5.74) is 5.88. The number of hydrogen-bond donors (Lipinski definition) is 2. The molecule has 7 heteroatoms. The summed E-state index contributed by atoms with van der Waals surface area (Å²) in [6, 6.07) is 1.70. The summed E-state index contributed by atoms with van der Waals surface area (Å²) in [6.07, 6.45) is 1.04. The molecule has 0 spiro atoms. The second-order valence-electron chi connectivity index (χ2n) is 5.35. The normalized spacial score (nSPS) is 23.1. The molecule has 108 valence electrons. The van der Waals surface area contributed by atoms with E-state index in [1.54, 1.807) is 13.0 Å². The average Bonchev–Trinajstić information content (AvgIpc) is 2.87. The molecule has 19 heavy (non-hydrogen) atoms. The Morgan fingerprint density at radius 2 is 2.42 bits per heavy atom. The van der Waals surface area contributed by atoms with Crippen molar-refractivity contribution < 1.29 is 9.32 Å². The molecule has 1 aliphatic heterocycles. The lowest BCUT2D eigenvalue weighted by Crippen LogP contribution is -2.35. The van der Waals surface area contributed by atoms with Crippen molar-refractivity contribution in [3.05, 3.63) is 11.8 Å². The summed E-state index contributed by atoms with van der Waals surface area (Å²) >= 11 is 0. The first-order chi connectivity index (χ1) is 8.50. The van der Waals surface area contributed by atoms with Crippen LogP contribution >= 0.6 is 12.4 Å². The van der Waals surface area contributed by atoms with Crippen LogP contribution in [0.5, 0.6) is 0 Å². The van der Waals surface area contributed by atoms with Gasteiger partial charge < -0.3 is 15.6 Å². The van der Waals surface area contributed by atoms with Crippen molar-refractivity contribution in [1.29, 1.82) is 0 Å². The lowest BCUT2D eigenvalue weighted by atomic mass is 9.90. The molecule has 3 N–H and O–H groups in total. The molecule has 1 fully saturated rings. The molecule has 1 amide bonds. The molecule has 0 aromatic carbocycles. The Labute approximate surface area is 119 Å². The number of halogens is 1. The van der Waals surface area contributed by atoms with Crippen LogP contribution in [0, 0.1) is 12.3 Å². The predicted octanol–water partition coefficient (Wildman–Crippen LogP) is 1.01.